The zero-order valence-corrected chi connectivity index (χ0v) is 10.7. The minimum Gasteiger partial charge on any atom is -0.299 e. The highest BCUT2D eigenvalue weighted by atomic mass is 15.1. The van der Waals surface area contributed by atoms with Crippen LogP contribution in [0.2, 0.25) is 0 Å². The number of rotatable bonds is 2. The normalized spacial score (nSPS) is 17.9. The van der Waals surface area contributed by atoms with Gasteiger partial charge >= 0.3 is 0 Å². The van der Waals surface area contributed by atoms with Gasteiger partial charge in [-0.1, -0.05) is 18.2 Å². The standard InChI is InChI=1S/C15H20N2/c1-12-3-4-15(9-13(12)2)11-17-7-5-14(10-16)6-8-17/h3-4,9,14H,5-8,11H2,1-2H3. The molecule has 1 aliphatic rings. The van der Waals surface area contributed by atoms with E-state index in [4.69, 9.17) is 5.26 Å². The number of nitrogens with zero attached hydrogens (tertiary/aromatic N) is 2. The van der Waals surface area contributed by atoms with Crippen LogP contribution in [0.25, 0.3) is 0 Å². The first kappa shape index (κ1) is 12.1. The summed E-state index contributed by atoms with van der Waals surface area (Å²) in [6.07, 6.45) is 2.06. The van der Waals surface area contributed by atoms with Crippen LogP contribution in [0.4, 0.5) is 0 Å². The van der Waals surface area contributed by atoms with Gasteiger partial charge in [-0.15, -0.1) is 0 Å². The molecule has 1 fully saturated rings. The number of benzene rings is 1. The third-order valence-electron chi connectivity index (χ3n) is 3.75. The lowest BCUT2D eigenvalue weighted by atomic mass is 9.98. The predicted octanol–water partition coefficient (Wildman–Crippen LogP) is 3.04. The van der Waals surface area contributed by atoms with Crippen molar-refractivity contribution in [2.45, 2.75) is 33.2 Å². The van der Waals surface area contributed by atoms with Crippen molar-refractivity contribution in [3.8, 4) is 6.07 Å². The number of aryl methyl sites for hydroxylation is 2. The molecule has 0 spiro atoms. The van der Waals surface area contributed by atoms with Gasteiger partial charge in [0.2, 0.25) is 0 Å². The molecule has 1 saturated heterocycles. The van der Waals surface area contributed by atoms with E-state index in [1.54, 1.807) is 0 Å². The van der Waals surface area contributed by atoms with Gasteiger partial charge in [0.05, 0.1) is 6.07 Å². The van der Waals surface area contributed by atoms with E-state index in [9.17, 15) is 0 Å². The summed E-state index contributed by atoms with van der Waals surface area (Å²) in [6, 6.07) is 9.08. The number of nitriles is 1. The van der Waals surface area contributed by atoms with E-state index < -0.39 is 0 Å². The maximum absolute atomic E-state index is 8.87. The molecule has 0 amide bonds. The van der Waals surface area contributed by atoms with Gasteiger partial charge in [0.1, 0.15) is 0 Å². The largest absolute Gasteiger partial charge is 0.299 e. The first-order valence-corrected chi connectivity index (χ1v) is 6.37. The molecule has 0 aromatic heterocycles. The van der Waals surface area contributed by atoms with E-state index in [1.807, 2.05) is 0 Å². The average Bonchev–Trinajstić information content (AvgIpc) is 2.35. The highest BCUT2D eigenvalue weighted by molar-refractivity contribution is 5.29. The van der Waals surface area contributed by atoms with Crippen LogP contribution in [0.5, 0.6) is 0 Å². The Labute approximate surface area is 104 Å². The second kappa shape index (κ2) is 5.33. The molecule has 0 aliphatic carbocycles. The Morgan fingerprint density at radius 2 is 1.94 bits per heavy atom. The van der Waals surface area contributed by atoms with Crippen molar-refractivity contribution in [1.82, 2.24) is 4.90 Å². The summed E-state index contributed by atoms with van der Waals surface area (Å²) in [4.78, 5) is 2.46. The molecule has 2 heteroatoms. The molecule has 90 valence electrons. The molecule has 0 radical (unpaired) electrons. The summed E-state index contributed by atoms with van der Waals surface area (Å²) in [7, 11) is 0. The van der Waals surface area contributed by atoms with Crippen LogP contribution >= 0.6 is 0 Å². The fourth-order valence-corrected chi connectivity index (χ4v) is 2.38. The quantitative estimate of drug-likeness (QED) is 0.778. The molecule has 1 aliphatic heterocycles. The third-order valence-corrected chi connectivity index (χ3v) is 3.75. The molecule has 1 aromatic carbocycles. The first-order valence-electron chi connectivity index (χ1n) is 6.37. The highest BCUT2D eigenvalue weighted by Crippen LogP contribution is 2.19. The Morgan fingerprint density at radius 3 is 2.53 bits per heavy atom. The topological polar surface area (TPSA) is 27.0 Å². The van der Waals surface area contributed by atoms with Crippen LogP contribution in [0.1, 0.15) is 29.5 Å². The average molecular weight is 228 g/mol. The van der Waals surface area contributed by atoms with Gasteiger partial charge in [0.15, 0.2) is 0 Å². The fraction of sp³-hybridized carbons (Fsp3) is 0.533. The lowest BCUT2D eigenvalue weighted by Crippen LogP contribution is -2.32. The van der Waals surface area contributed by atoms with Crippen molar-refractivity contribution in [3.05, 3.63) is 34.9 Å². The van der Waals surface area contributed by atoms with Gasteiger partial charge in [-0.05, 0) is 56.5 Å². The lowest BCUT2D eigenvalue weighted by molar-refractivity contribution is 0.198. The molecule has 17 heavy (non-hydrogen) atoms. The van der Waals surface area contributed by atoms with Crippen LogP contribution in [-0.2, 0) is 6.54 Å². The van der Waals surface area contributed by atoms with Crippen molar-refractivity contribution < 1.29 is 0 Å². The monoisotopic (exact) mass is 228 g/mol. The van der Waals surface area contributed by atoms with Crippen LogP contribution in [-0.4, -0.2) is 18.0 Å². The minimum absolute atomic E-state index is 0.283. The van der Waals surface area contributed by atoms with Crippen LogP contribution in [0, 0.1) is 31.1 Å². The van der Waals surface area contributed by atoms with Crippen molar-refractivity contribution in [3.63, 3.8) is 0 Å². The second-order valence-corrected chi connectivity index (χ2v) is 5.10. The summed E-state index contributed by atoms with van der Waals surface area (Å²) in [5, 5.41) is 8.87. The SMILES string of the molecule is Cc1ccc(CN2CCC(C#N)CC2)cc1C. The third kappa shape index (κ3) is 3.08. The van der Waals surface area contributed by atoms with E-state index in [-0.39, 0.29) is 5.92 Å². The fourth-order valence-electron chi connectivity index (χ4n) is 2.38. The van der Waals surface area contributed by atoms with Crippen molar-refractivity contribution in [2.75, 3.05) is 13.1 Å². The Hall–Kier alpha value is -1.33. The van der Waals surface area contributed by atoms with E-state index in [0.717, 1.165) is 32.5 Å². The van der Waals surface area contributed by atoms with Gasteiger partial charge in [-0.25, -0.2) is 0 Å². The van der Waals surface area contributed by atoms with Crippen molar-refractivity contribution >= 4 is 0 Å². The molecular weight excluding hydrogens is 208 g/mol. The molecule has 0 unspecified atom stereocenters. The van der Waals surface area contributed by atoms with Gasteiger partial charge in [-0.3, -0.25) is 4.90 Å². The van der Waals surface area contributed by atoms with E-state index in [0.29, 0.717) is 0 Å². The first-order chi connectivity index (χ1) is 8.19. The zero-order chi connectivity index (χ0) is 12.3. The molecule has 1 heterocycles. The number of piperidine rings is 1. The molecule has 0 bridgehead atoms. The maximum Gasteiger partial charge on any atom is 0.0656 e. The minimum atomic E-state index is 0.283. The molecular formula is C15H20N2. The predicted molar refractivity (Wildman–Crippen MR) is 69.5 cm³/mol. The summed E-state index contributed by atoms with van der Waals surface area (Å²) in [5.41, 5.74) is 4.12. The van der Waals surface area contributed by atoms with Crippen molar-refractivity contribution in [1.29, 1.82) is 5.26 Å². The molecule has 2 rings (SSSR count). The van der Waals surface area contributed by atoms with Gasteiger partial charge in [0.25, 0.3) is 0 Å². The molecule has 0 saturated carbocycles. The van der Waals surface area contributed by atoms with E-state index >= 15 is 0 Å². The van der Waals surface area contributed by atoms with Crippen LogP contribution in [0.15, 0.2) is 18.2 Å². The van der Waals surface area contributed by atoms with Crippen LogP contribution in [0.3, 0.4) is 0 Å². The number of hydrogen-bond acceptors (Lipinski definition) is 2. The number of hydrogen-bond donors (Lipinski definition) is 0. The maximum atomic E-state index is 8.87. The Morgan fingerprint density at radius 1 is 1.24 bits per heavy atom. The summed E-state index contributed by atoms with van der Waals surface area (Å²) >= 11 is 0. The smallest absolute Gasteiger partial charge is 0.0656 e. The Kier molecular flexibility index (Phi) is 3.81. The molecule has 0 N–H and O–H groups in total. The van der Waals surface area contributed by atoms with Gasteiger partial charge < -0.3 is 0 Å². The van der Waals surface area contributed by atoms with E-state index in [1.165, 1.54) is 16.7 Å². The summed E-state index contributed by atoms with van der Waals surface area (Å²) in [5.74, 6) is 0.283. The highest BCUT2D eigenvalue weighted by Gasteiger charge is 2.18. The van der Waals surface area contributed by atoms with Gasteiger partial charge in [-0.2, -0.15) is 5.26 Å². The van der Waals surface area contributed by atoms with Crippen molar-refractivity contribution in [2.24, 2.45) is 5.92 Å². The second-order valence-electron chi connectivity index (χ2n) is 5.10. The Balaban J connectivity index is 1.93. The lowest BCUT2D eigenvalue weighted by Gasteiger charge is -2.29. The molecule has 2 nitrogen and oxygen atoms in total. The van der Waals surface area contributed by atoms with E-state index in [2.05, 4.69) is 43.0 Å². The van der Waals surface area contributed by atoms with Gasteiger partial charge in [0, 0.05) is 12.5 Å². The summed E-state index contributed by atoms with van der Waals surface area (Å²) < 4.78 is 0. The molecule has 1 aromatic rings. The summed E-state index contributed by atoms with van der Waals surface area (Å²) in [6.45, 7) is 7.47. The van der Waals surface area contributed by atoms with Crippen LogP contribution < -0.4 is 0 Å². The molecule has 0 atom stereocenters. The zero-order valence-electron chi connectivity index (χ0n) is 10.7. The number of likely N-dealkylation sites (tertiary alicyclic amines) is 1. The Bertz CT molecular complexity index is 423.